The summed E-state index contributed by atoms with van der Waals surface area (Å²) >= 11 is 0. The van der Waals surface area contributed by atoms with E-state index in [0.29, 0.717) is 12.5 Å². The Bertz CT molecular complexity index is 525. The van der Waals surface area contributed by atoms with Crippen LogP contribution in [0.15, 0.2) is 18.2 Å². The maximum atomic E-state index is 12.8. The molecule has 0 aromatic heterocycles. The van der Waals surface area contributed by atoms with Crippen molar-refractivity contribution < 1.29 is 14.3 Å². The second kappa shape index (κ2) is 7.14. The van der Waals surface area contributed by atoms with Crippen LogP contribution in [0.3, 0.4) is 0 Å². The third kappa shape index (κ3) is 3.61. The molecule has 0 heterocycles. The van der Waals surface area contributed by atoms with Crippen LogP contribution in [0.25, 0.3) is 0 Å². The van der Waals surface area contributed by atoms with Gasteiger partial charge in [-0.05, 0) is 62.8 Å². The molecule has 122 valence electrons. The van der Waals surface area contributed by atoms with E-state index in [4.69, 9.17) is 9.47 Å². The molecule has 0 bridgehead atoms. The molecule has 0 spiro atoms. The highest BCUT2D eigenvalue weighted by molar-refractivity contribution is 5.97. The van der Waals surface area contributed by atoms with Crippen LogP contribution in [0.2, 0.25) is 0 Å². The van der Waals surface area contributed by atoms with E-state index < -0.39 is 5.60 Å². The van der Waals surface area contributed by atoms with Crippen LogP contribution in [0.4, 0.5) is 5.69 Å². The molecule has 2 rings (SSSR count). The van der Waals surface area contributed by atoms with Crippen molar-refractivity contribution in [3.8, 4) is 5.75 Å². The minimum Gasteiger partial charge on any atom is -0.496 e. The van der Waals surface area contributed by atoms with Gasteiger partial charge in [0.1, 0.15) is 11.4 Å². The minimum atomic E-state index is -0.680. The van der Waals surface area contributed by atoms with Gasteiger partial charge in [-0.1, -0.05) is 13.3 Å². The first kappa shape index (κ1) is 16.8. The Morgan fingerprint density at radius 1 is 1.45 bits per heavy atom. The summed E-state index contributed by atoms with van der Waals surface area (Å²) in [4.78, 5) is 12.8. The highest BCUT2D eigenvalue weighted by atomic mass is 16.5. The smallest absolute Gasteiger partial charge is 0.256 e. The number of hydrogen-bond acceptors (Lipinski definition) is 3. The van der Waals surface area contributed by atoms with E-state index in [-0.39, 0.29) is 5.91 Å². The molecule has 4 heteroatoms. The van der Waals surface area contributed by atoms with Gasteiger partial charge in [0.25, 0.3) is 5.91 Å². The molecule has 0 aliphatic heterocycles. The largest absolute Gasteiger partial charge is 0.496 e. The molecule has 1 amide bonds. The van der Waals surface area contributed by atoms with E-state index in [2.05, 4.69) is 12.2 Å². The molecule has 1 fully saturated rings. The average Bonchev–Trinajstić information content (AvgIpc) is 2.47. The van der Waals surface area contributed by atoms with Crippen LogP contribution in [0.5, 0.6) is 5.75 Å². The first-order valence-electron chi connectivity index (χ1n) is 8.11. The van der Waals surface area contributed by atoms with E-state index in [1.165, 1.54) is 6.42 Å². The van der Waals surface area contributed by atoms with E-state index >= 15 is 0 Å². The molecule has 2 unspecified atom stereocenters. The third-order valence-corrected chi connectivity index (χ3v) is 4.44. The number of benzene rings is 1. The zero-order valence-electron chi connectivity index (χ0n) is 14.1. The number of carbonyl (C=O) groups excluding carboxylic acids is 1. The Hall–Kier alpha value is -1.55. The molecule has 1 aliphatic rings. The van der Waals surface area contributed by atoms with Crippen LogP contribution >= 0.6 is 0 Å². The van der Waals surface area contributed by atoms with Crippen molar-refractivity contribution in [2.75, 3.05) is 19.0 Å². The highest BCUT2D eigenvalue weighted by Crippen LogP contribution is 2.36. The predicted octanol–water partition coefficient (Wildman–Crippen LogP) is 3.93. The number of nitrogens with one attached hydrogen (secondary N) is 1. The van der Waals surface area contributed by atoms with Crippen molar-refractivity contribution in [1.82, 2.24) is 0 Å². The van der Waals surface area contributed by atoms with Crippen molar-refractivity contribution in [1.29, 1.82) is 0 Å². The number of rotatable bonds is 5. The van der Waals surface area contributed by atoms with Crippen LogP contribution < -0.4 is 10.1 Å². The lowest BCUT2D eigenvalue weighted by Gasteiger charge is -2.38. The van der Waals surface area contributed by atoms with Crippen molar-refractivity contribution in [3.05, 3.63) is 23.8 Å². The Morgan fingerprint density at radius 3 is 2.82 bits per heavy atom. The molecular formula is C18H27NO3. The Labute approximate surface area is 133 Å². The lowest BCUT2D eigenvalue weighted by molar-refractivity contribution is -0.147. The first-order valence-corrected chi connectivity index (χ1v) is 8.11. The van der Waals surface area contributed by atoms with E-state index in [1.54, 1.807) is 7.11 Å². The van der Waals surface area contributed by atoms with E-state index in [1.807, 2.05) is 32.0 Å². The van der Waals surface area contributed by atoms with Crippen molar-refractivity contribution in [3.63, 3.8) is 0 Å². The van der Waals surface area contributed by atoms with Crippen molar-refractivity contribution >= 4 is 11.6 Å². The fourth-order valence-electron chi connectivity index (χ4n) is 3.38. The quantitative estimate of drug-likeness (QED) is 0.896. The zero-order valence-corrected chi connectivity index (χ0v) is 14.1. The van der Waals surface area contributed by atoms with Gasteiger partial charge in [-0.25, -0.2) is 0 Å². The zero-order chi connectivity index (χ0) is 16.2. The topological polar surface area (TPSA) is 47.6 Å². The number of methoxy groups -OCH3 is 1. The molecule has 22 heavy (non-hydrogen) atoms. The molecule has 0 saturated heterocycles. The molecule has 0 radical (unpaired) electrons. The Kier molecular flexibility index (Phi) is 5.46. The molecule has 4 nitrogen and oxygen atoms in total. The lowest BCUT2D eigenvalue weighted by Crippen LogP contribution is -2.48. The summed E-state index contributed by atoms with van der Waals surface area (Å²) in [5.74, 6) is 1.32. The minimum absolute atomic E-state index is 0.0227. The lowest BCUT2D eigenvalue weighted by atomic mass is 9.78. The fraction of sp³-hybridized carbons (Fsp3) is 0.611. The second-order valence-electron chi connectivity index (χ2n) is 6.27. The normalized spacial score (nSPS) is 24.8. The van der Waals surface area contributed by atoms with E-state index in [0.717, 1.165) is 36.3 Å². The van der Waals surface area contributed by atoms with Gasteiger partial charge in [0.05, 0.1) is 7.11 Å². The SMILES string of the molecule is CCOC1(C(=O)Nc2ccc(OC)c(C)c2)CCCC(C)C1. The summed E-state index contributed by atoms with van der Waals surface area (Å²) in [7, 11) is 1.65. The van der Waals surface area contributed by atoms with Gasteiger partial charge in [-0.2, -0.15) is 0 Å². The number of carbonyl (C=O) groups is 1. The van der Waals surface area contributed by atoms with Crippen LogP contribution in [0.1, 0.15) is 45.1 Å². The third-order valence-electron chi connectivity index (χ3n) is 4.44. The summed E-state index contributed by atoms with van der Waals surface area (Å²) in [5, 5.41) is 3.03. The number of ether oxygens (including phenoxy) is 2. The van der Waals surface area contributed by atoms with Gasteiger partial charge >= 0.3 is 0 Å². The van der Waals surface area contributed by atoms with E-state index in [9.17, 15) is 4.79 Å². The second-order valence-corrected chi connectivity index (χ2v) is 6.27. The van der Waals surface area contributed by atoms with Gasteiger partial charge in [-0.15, -0.1) is 0 Å². The standard InChI is InChI=1S/C18H27NO3/c1-5-22-18(10-6-7-13(2)12-18)17(20)19-15-8-9-16(21-4)14(3)11-15/h8-9,11,13H,5-7,10,12H2,1-4H3,(H,19,20). The Balaban J connectivity index is 2.16. The molecule has 2 atom stereocenters. The summed E-state index contributed by atoms with van der Waals surface area (Å²) in [5.41, 5.74) is 1.11. The summed E-state index contributed by atoms with van der Waals surface area (Å²) in [6, 6.07) is 5.68. The maximum absolute atomic E-state index is 12.8. The molecule has 1 aromatic rings. The fourth-order valence-corrected chi connectivity index (χ4v) is 3.38. The predicted molar refractivity (Wildman–Crippen MR) is 88.3 cm³/mol. The van der Waals surface area contributed by atoms with Crippen molar-refractivity contribution in [2.45, 2.75) is 52.1 Å². The van der Waals surface area contributed by atoms with Gasteiger partial charge in [0, 0.05) is 12.3 Å². The monoisotopic (exact) mass is 305 g/mol. The van der Waals surface area contributed by atoms with Gasteiger partial charge < -0.3 is 14.8 Å². The average molecular weight is 305 g/mol. The number of aryl methyl sites for hydroxylation is 1. The number of amides is 1. The summed E-state index contributed by atoms with van der Waals surface area (Å²) in [6.07, 6.45) is 3.80. The summed E-state index contributed by atoms with van der Waals surface area (Å²) in [6.45, 7) is 6.67. The van der Waals surface area contributed by atoms with Crippen molar-refractivity contribution in [2.24, 2.45) is 5.92 Å². The van der Waals surface area contributed by atoms with Crippen LogP contribution in [0, 0.1) is 12.8 Å². The molecule has 1 aliphatic carbocycles. The van der Waals surface area contributed by atoms with Gasteiger partial charge in [0.15, 0.2) is 0 Å². The number of anilines is 1. The molecule has 1 saturated carbocycles. The van der Waals surface area contributed by atoms with Crippen LogP contribution in [-0.2, 0) is 9.53 Å². The highest BCUT2D eigenvalue weighted by Gasteiger charge is 2.42. The molecular weight excluding hydrogens is 278 g/mol. The van der Waals surface area contributed by atoms with Gasteiger partial charge in [-0.3, -0.25) is 4.79 Å². The maximum Gasteiger partial charge on any atom is 0.256 e. The Morgan fingerprint density at radius 2 is 2.23 bits per heavy atom. The van der Waals surface area contributed by atoms with Gasteiger partial charge in [0.2, 0.25) is 0 Å². The summed E-state index contributed by atoms with van der Waals surface area (Å²) < 4.78 is 11.2. The molecule has 1 aromatic carbocycles. The first-order chi connectivity index (χ1) is 10.5. The number of hydrogen-bond donors (Lipinski definition) is 1. The molecule has 1 N–H and O–H groups in total. The van der Waals surface area contributed by atoms with Crippen LogP contribution in [-0.4, -0.2) is 25.2 Å².